The predicted molar refractivity (Wildman–Crippen MR) is 53.4 cm³/mol. The summed E-state index contributed by atoms with van der Waals surface area (Å²) in [5.41, 5.74) is 0. The van der Waals surface area contributed by atoms with E-state index in [1.807, 2.05) is 0 Å². The molecule has 0 aliphatic carbocycles. The number of aliphatic hydroxyl groups excluding tert-OH is 2. The first-order valence-corrected chi connectivity index (χ1v) is 4.36. The van der Waals surface area contributed by atoms with Crippen molar-refractivity contribution in [2.45, 2.75) is 7.43 Å². The molecule has 0 amide bonds. The van der Waals surface area contributed by atoms with Crippen LogP contribution in [0.4, 0.5) is 0 Å². The molecule has 0 bridgehead atoms. The third kappa shape index (κ3) is 14.3. The summed E-state index contributed by atoms with van der Waals surface area (Å²) in [6.45, 7) is 2.76. The minimum absolute atomic E-state index is 0. The second-order valence-electron chi connectivity index (χ2n) is 2.28. The van der Waals surface area contributed by atoms with Gasteiger partial charge in [-0.05, 0) is 0 Å². The van der Waals surface area contributed by atoms with Gasteiger partial charge in [-0.3, -0.25) is 0 Å². The summed E-state index contributed by atoms with van der Waals surface area (Å²) in [5.74, 6) is 0. The summed E-state index contributed by atoms with van der Waals surface area (Å²) in [6.07, 6.45) is 0. The van der Waals surface area contributed by atoms with Crippen LogP contribution in [0.2, 0.25) is 0 Å². The van der Waals surface area contributed by atoms with Crippen molar-refractivity contribution in [3.05, 3.63) is 0 Å². The summed E-state index contributed by atoms with van der Waals surface area (Å²) in [5, 5.41) is 16.7. The molecule has 0 aliphatic heterocycles. The van der Waals surface area contributed by atoms with Crippen molar-refractivity contribution in [1.82, 2.24) is 0 Å². The van der Waals surface area contributed by atoms with Crippen molar-refractivity contribution in [2.24, 2.45) is 0 Å². The fraction of sp³-hybridized carbons (Fsp3) is 1.00. The largest absolute Gasteiger partial charge is 0.394 e. The molecule has 5 heteroatoms. The first-order valence-electron chi connectivity index (χ1n) is 4.36. The number of rotatable bonds is 10. The van der Waals surface area contributed by atoms with Crippen molar-refractivity contribution >= 4 is 0 Å². The van der Waals surface area contributed by atoms with Crippen molar-refractivity contribution in [3.63, 3.8) is 0 Å². The molecule has 0 aromatic carbocycles. The van der Waals surface area contributed by atoms with Crippen molar-refractivity contribution in [2.75, 3.05) is 52.9 Å². The zero-order valence-electron chi connectivity index (χ0n) is 7.78. The van der Waals surface area contributed by atoms with Gasteiger partial charge in [0, 0.05) is 0 Å². The van der Waals surface area contributed by atoms with E-state index in [1.165, 1.54) is 0 Å². The fourth-order valence-corrected chi connectivity index (χ4v) is 0.671. The molecule has 0 aliphatic rings. The molecule has 0 saturated carbocycles. The van der Waals surface area contributed by atoms with Gasteiger partial charge < -0.3 is 24.4 Å². The van der Waals surface area contributed by atoms with E-state index in [1.54, 1.807) is 0 Å². The zero-order valence-corrected chi connectivity index (χ0v) is 7.78. The van der Waals surface area contributed by atoms with Gasteiger partial charge in [0.1, 0.15) is 0 Å². The van der Waals surface area contributed by atoms with Crippen LogP contribution in [0.15, 0.2) is 0 Å². The molecule has 0 heterocycles. The molecule has 0 atom stereocenters. The normalized spacial score (nSPS) is 9.86. The Balaban J connectivity index is 0. The van der Waals surface area contributed by atoms with Gasteiger partial charge in [0.05, 0.1) is 52.9 Å². The van der Waals surface area contributed by atoms with Gasteiger partial charge >= 0.3 is 0 Å². The topological polar surface area (TPSA) is 68.2 Å². The molecular formula is C9H22O5. The lowest BCUT2D eigenvalue weighted by Crippen LogP contribution is -2.11. The lowest BCUT2D eigenvalue weighted by molar-refractivity contribution is 0.00230. The van der Waals surface area contributed by atoms with E-state index >= 15 is 0 Å². The van der Waals surface area contributed by atoms with Crippen LogP contribution in [0.25, 0.3) is 0 Å². The van der Waals surface area contributed by atoms with E-state index in [0.717, 1.165) is 0 Å². The highest BCUT2D eigenvalue weighted by Crippen LogP contribution is 1.80. The maximum atomic E-state index is 8.36. The quantitative estimate of drug-likeness (QED) is 0.483. The van der Waals surface area contributed by atoms with Gasteiger partial charge in [-0.25, -0.2) is 0 Å². The smallest absolute Gasteiger partial charge is 0.0701 e. The summed E-state index contributed by atoms with van der Waals surface area (Å²) >= 11 is 0. The summed E-state index contributed by atoms with van der Waals surface area (Å²) in [4.78, 5) is 0. The summed E-state index contributed by atoms with van der Waals surface area (Å²) < 4.78 is 15.0. The van der Waals surface area contributed by atoms with Crippen LogP contribution in [0, 0.1) is 0 Å². The molecule has 0 spiro atoms. The Hall–Kier alpha value is -0.200. The van der Waals surface area contributed by atoms with Crippen LogP contribution in [-0.2, 0) is 14.2 Å². The average molecular weight is 210 g/mol. The molecule has 0 saturated heterocycles. The Morgan fingerprint density at radius 1 is 0.571 bits per heavy atom. The lowest BCUT2D eigenvalue weighted by Gasteiger charge is -2.04. The first kappa shape index (κ1) is 16.2. The van der Waals surface area contributed by atoms with Gasteiger partial charge in [0.25, 0.3) is 0 Å². The molecule has 0 radical (unpaired) electrons. The Morgan fingerprint density at radius 3 is 1.14 bits per heavy atom. The fourth-order valence-electron chi connectivity index (χ4n) is 0.671. The standard InChI is InChI=1S/C8H18O5.CH4/c9-1-3-11-5-7-13-8-6-12-4-2-10;/h9-10H,1-8H2;1H4. The molecule has 2 N–H and O–H groups in total. The first-order chi connectivity index (χ1) is 6.41. The number of ether oxygens (including phenoxy) is 3. The third-order valence-electron chi connectivity index (χ3n) is 1.22. The monoisotopic (exact) mass is 210 g/mol. The summed E-state index contributed by atoms with van der Waals surface area (Å²) in [6, 6.07) is 0. The number of aliphatic hydroxyl groups is 2. The Labute approximate surface area is 85.6 Å². The van der Waals surface area contributed by atoms with Gasteiger partial charge in [-0.1, -0.05) is 7.43 Å². The molecule has 0 aromatic rings. The molecule has 0 fully saturated rings. The Morgan fingerprint density at radius 2 is 0.857 bits per heavy atom. The third-order valence-corrected chi connectivity index (χ3v) is 1.22. The molecule has 0 aromatic heterocycles. The minimum Gasteiger partial charge on any atom is -0.394 e. The van der Waals surface area contributed by atoms with Crippen molar-refractivity contribution < 1.29 is 24.4 Å². The van der Waals surface area contributed by atoms with Crippen molar-refractivity contribution in [3.8, 4) is 0 Å². The minimum atomic E-state index is 0. The Bertz CT molecular complexity index is 79.3. The van der Waals surface area contributed by atoms with Crippen LogP contribution in [-0.4, -0.2) is 63.1 Å². The highest BCUT2D eigenvalue weighted by molar-refractivity contribution is 4.33. The lowest BCUT2D eigenvalue weighted by atomic mass is 10.7. The Kier molecular flexibility index (Phi) is 17.7. The van der Waals surface area contributed by atoms with Crippen LogP contribution in [0.1, 0.15) is 7.43 Å². The summed E-state index contributed by atoms with van der Waals surface area (Å²) in [7, 11) is 0. The van der Waals surface area contributed by atoms with Gasteiger partial charge in [-0.15, -0.1) is 0 Å². The number of hydrogen-bond acceptors (Lipinski definition) is 5. The van der Waals surface area contributed by atoms with E-state index in [0.29, 0.717) is 39.6 Å². The molecular weight excluding hydrogens is 188 g/mol. The second kappa shape index (κ2) is 15.3. The van der Waals surface area contributed by atoms with Crippen LogP contribution in [0.3, 0.4) is 0 Å². The SMILES string of the molecule is C.OCCOCCOCCOCCO. The molecule has 88 valence electrons. The zero-order chi connectivity index (χ0) is 9.78. The van der Waals surface area contributed by atoms with Crippen LogP contribution >= 0.6 is 0 Å². The van der Waals surface area contributed by atoms with E-state index in [9.17, 15) is 0 Å². The van der Waals surface area contributed by atoms with Gasteiger partial charge in [-0.2, -0.15) is 0 Å². The average Bonchev–Trinajstić information content (AvgIpc) is 2.16. The maximum absolute atomic E-state index is 8.36. The second-order valence-corrected chi connectivity index (χ2v) is 2.28. The number of hydrogen-bond donors (Lipinski definition) is 2. The van der Waals surface area contributed by atoms with Gasteiger partial charge in [0.15, 0.2) is 0 Å². The molecule has 14 heavy (non-hydrogen) atoms. The van der Waals surface area contributed by atoms with E-state index in [4.69, 9.17) is 24.4 Å². The highest BCUT2D eigenvalue weighted by Gasteiger charge is 1.89. The van der Waals surface area contributed by atoms with Crippen molar-refractivity contribution in [1.29, 1.82) is 0 Å². The van der Waals surface area contributed by atoms with Gasteiger partial charge in [0.2, 0.25) is 0 Å². The molecule has 5 nitrogen and oxygen atoms in total. The van der Waals surface area contributed by atoms with E-state index in [2.05, 4.69) is 0 Å². The highest BCUT2D eigenvalue weighted by atomic mass is 16.5. The predicted octanol–water partition coefficient (Wildman–Crippen LogP) is -0.343. The van der Waals surface area contributed by atoms with Crippen LogP contribution in [0.5, 0.6) is 0 Å². The molecule has 0 rings (SSSR count). The van der Waals surface area contributed by atoms with E-state index < -0.39 is 0 Å². The van der Waals surface area contributed by atoms with E-state index in [-0.39, 0.29) is 20.6 Å². The van der Waals surface area contributed by atoms with Crippen LogP contribution < -0.4 is 0 Å². The molecule has 0 unspecified atom stereocenters. The maximum Gasteiger partial charge on any atom is 0.0701 e.